The Balaban J connectivity index is 0.00000242. The third-order valence-electron chi connectivity index (χ3n) is 3.96. The Kier molecular flexibility index (Phi) is 6.68. The maximum absolute atomic E-state index is 13.1. The van der Waals surface area contributed by atoms with Crippen LogP contribution in [0.15, 0.2) is 24.3 Å². The van der Waals surface area contributed by atoms with E-state index in [1.54, 1.807) is 12.1 Å². The normalized spacial score (nSPS) is 16.9. The lowest BCUT2D eigenvalue weighted by Gasteiger charge is -2.27. The number of carbonyl (C=O) groups is 1. The van der Waals surface area contributed by atoms with Gasteiger partial charge in [-0.1, -0.05) is 25.0 Å². The second-order valence-corrected chi connectivity index (χ2v) is 5.44. The minimum atomic E-state index is -4.41. The van der Waals surface area contributed by atoms with Crippen LogP contribution in [0.5, 0.6) is 0 Å². The molecule has 3 N–H and O–H groups in total. The van der Waals surface area contributed by atoms with Crippen molar-refractivity contribution in [3.8, 4) is 0 Å². The molecule has 124 valence electrons. The molecule has 1 aliphatic rings. The second kappa shape index (κ2) is 7.83. The molecule has 1 atom stereocenters. The number of hydrogen-bond donors (Lipinski definition) is 2. The summed E-state index contributed by atoms with van der Waals surface area (Å²) in [5.74, 6) is -1.20. The summed E-state index contributed by atoms with van der Waals surface area (Å²) in [4.78, 5) is 12.0. The molecule has 0 aromatic heterocycles. The van der Waals surface area contributed by atoms with E-state index in [9.17, 15) is 18.0 Å². The Labute approximate surface area is 133 Å². The number of rotatable bonds is 4. The zero-order chi connectivity index (χ0) is 15.5. The Morgan fingerprint density at radius 3 is 2.23 bits per heavy atom. The maximum Gasteiger partial charge on any atom is 0.408 e. The molecule has 1 saturated carbocycles. The van der Waals surface area contributed by atoms with Gasteiger partial charge in [-0.25, -0.2) is 0 Å². The molecule has 22 heavy (non-hydrogen) atoms. The van der Waals surface area contributed by atoms with Gasteiger partial charge >= 0.3 is 6.18 Å². The van der Waals surface area contributed by atoms with E-state index in [1.807, 2.05) is 0 Å². The van der Waals surface area contributed by atoms with Crippen molar-refractivity contribution in [3.63, 3.8) is 0 Å². The van der Waals surface area contributed by atoms with Crippen LogP contribution in [0.4, 0.5) is 13.2 Å². The van der Waals surface area contributed by atoms with Crippen LogP contribution in [0.1, 0.15) is 41.6 Å². The van der Waals surface area contributed by atoms with E-state index < -0.39 is 24.0 Å². The summed E-state index contributed by atoms with van der Waals surface area (Å²) in [6.45, 7) is 0.329. The number of benzene rings is 1. The van der Waals surface area contributed by atoms with Gasteiger partial charge in [-0.15, -0.1) is 12.4 Å². The Hall–Kier alpha value is -1.27. The molecule has 0 bridgehead atoms. The number of nitrogens with two attached hydrogens (primary N) is 1. The quantitative estimate of drug-likeness (QED) is 0.885. The molecule has 0 spiro atoms. The first kappa shape index (κ1) is 18.8. The average Bonchev–Trinajstić information content (AvgIpc) is 2.97. The summed E-state index contributed by atoms with van der Waals surface area (Å²) in [5.41, 5.74) is 6.50. The van der Waals surface area contributed by atoms with E-state index in [2.05, 4.69) is 5.32 Å². The van der Waals surface area contributed by atoms with Crippen molar-refractivity contribution >= 4 is 18.3 Å². The van der Waals surface area contributed by atoms with E-state index in [-0.39, 0.29) is 18.0 Å². The fraction of sp³-hybridized carbons (Fsp3) is 0.533. The lowest BCUT2D eigenvalue weighted by molar-refractivity contribution is -0.164. The van der Waals surface area contributed by atoms with Gasteiger partial charge in [-0.05, 0) is 36.5 Å². The maximum atomic E-state index is 13.1. The van der Waals surface area contributed by atoms with Gasteiger partial charge in [0.05, 0.1) is 0 Å². The summed E-state index contributed by atoms with van der Waals surface area (Å²) < 4.78 is 39.4. The Morgan fingerprint density at radius 2 is 1.77 bits per heavy atom. The van der Waals surface area contributed by atoms with Crippen molar-refractivity contribution in [2.45, 2.75) is 44.4 Å². The predicted molar refractivity (Wildman–Crippen MR) is 80.8 cm³/mol. The van der Waals surface area contributed by atoms with Crippen LogP contribution in [-0.4, -0.2) is 18.1 Å². The van der Waals surface area contributed by atoms with E-state index in [0.29, 0.717) is 19.4 Å². The summed E-state index contributed by atoms with van der Waals surface area (Å²) in [5, 5.41) is 2.16. The molecule has 1 fully saturated rings. The van der Waals surface area contributed by atoms with Crippen molar-refractivity contribution in [3.05, 3.63) is 35.4 Å². The monoisotopic (exact) mass is 336 g/mol. The van der Waals surface area contributed by atoms with Crippen molar-refractivity contribution in [2.75, 3.05) is 0 Å². The fourth-order valence-corrected chi connectivity index (χ4v) is 2.77. The number of nitrogens with one attached hydrogen (secondary N) is 1. The summed E-state index contributed by atoms with van der Waals surface area (Å²) in [6.07, 6.45) is -1.81. The van der Waals surface area contributed by atoms with E-state index >= 15 is 0 Å². The molecule has 2 rings (SSSR count). The molecule has 1 amide bonds. The van der Waals surface area contributed by atoms with Gasteiger partial charge in [0, 0.05) is 12.1 Å². The molecule has 0 aliphatic heterocycles. The van der Waals surface area contributed by atoms with E-state index in [1.165, 1.54) is 12.1 Å². The van der Waals surface area contributed by atoms with Gasteiger partial charge in [0.1, 0.15) is 6.04 Å². The molecule has 1 aromatic rings. The Morgan fingerprint density at radius 1 is 1.23 bits per heavy atom. The largest absolute Gasteiger partial charge is 0.408 e. The van der Waals surface area contributed by atoms with Gasteiger partial charge in [0.2, 0.25) is 0 Å². The minimum Gasteiger partial charge on any atom is -0.340 e. The van der Waals surface area contributed by atoms with Crippen molar-refractivity contribution in [2.24, 2.45) is 11.7 Å². The van der Waals surface area contributed by atoms with Crippen LogP contribution >= 0.6 is 12.4 Å². The smallest absolute Gasteiger partial charge is 0.340 e. The second-order valence-electron chi connectivity index (χ2n) is 5.44. The first-order chi connectivity index (χ1) is 9.91. The average molecular weight is 337 g/mol. The number of amides is 1. The highest BCUT2D eigenvalue weighted by Crippen LogP contribution is 2.35. The molecular weight excluding hydrogens is 317 g/mol. The first-order valence-corrected chi connectivity index (χ1v) is 7.08. The van der Waals surface area contributed by atoms with Crippen LogP contribution in [0, 0.1) is 5.92 Å². The van der Waals surface area contributed by atoms with Crippen LogP contribution in [0.25, 0.3) is 0 Å². The van der Waals surface area contributed by atoms with Crippen LogP contribution < -0.4 is 11.1 Å². The predicted octanol–water partition coefficient (Wildman–Crippen LogP) is 3.42. The lowest BCUT2D eigenvalue weighted by atomic mass is 9.97. The number of alkyl halides is 3. The third-order valence-corrected chi connectivity index (χ3v) is 3.96. The molecule has 7 heteroatoms. The minimum absolute atomic E-state index is 0. The standard InChI is InChI=1S/C15H19F3N2O.ClH/c16-15(17,18)13(11-3-1-2-4-11)20-14(21)12-7-5-10(9-19)6-8-12;/h5-8,11,13H,1-4,9,19H2,(H,20,21);1H. The van der Waals surface area contributed by atoms with Crippen molar-refractivity contribution in [1.82, 2.24) is 5.32 Å². The molecule has 1 aliphatic carbocycles. The zero-order valence-corrected chi connectivity index (χ0v) is 12.8. The van der Waals surface area contributed by atoms with Gasteiger partial charge in [-0.2, -0.15) is 13.2 Å². The number of carbonyl (C=O) groups excluding carboxylic acids is 1. The van der Waals surface area contributed by atoms with E-state index in [0.717, 1.165) is 18.4 Å². The molecular formula is C15H20ClF3N2O. The summed E-state index contributed by atoms with van der Waals surface area (Å²) in [7, 11) is 0. The molecule has 3 nitrogen and oxygen atoms in total. The highest BCUT2D eigenvalue weighted by Gasteiger charge is 2.46. The Bertz CT molecular complexity index is 485. The van der Waals surface area contributed by atoms with Crippen LogP contribution in [0.3, 0.4) is 0 Å². The van der Waals surface area contributed by atoms with Gasteiger partial charge in [0.25, 0.3) is 5.91 Å². The highest BCUT2D eigenvalue weighted by atomic mass is 35.5. The molecule has 1 aromatic carbocycles. The van der Waals surface area contributed by atoms with Crippen molar-refractivity contribution in [1.29, 1.82) is 0 Å². The molecule has 1 unspecified atom stereocenters. The third kappa shape index (κ3) is 4.61. The molecule has 0 heterocycles. The first-order valence-electron chi connectivity index (χ1n) is 7.08. The van der Waals surface area contributed by atoms with Gasteiger partial charge in [-0.3, -0.25) is 4.79 Å². The molecule has 0 radical (unpaired) electrons. The highest BCUT2D eigenvalue weighted by molar-refractivity contribution is 5.94. The van der Waals surface area contributed by atoms with Crippen LogP contribution in [-0.2, 0) is 6.54 Å². The fourth-order valence-electron chi connectivity index (χ4n) is 2.77. The summed E-state index contributed by atoms with van der Waals surface area (Å²) >= 11 is 0. The van der Waals surface area contributed by atoms with Gasteiger partial charge < -0.3 is 11.1 Å². The number of hydrogen-bond acceptors (Lipinski definition) is 2. The molecule has 0 saturated heterocycles. The summed E-state index contributed by atoms with van der Waals surface area (Å²) in [6, 6.07) is 4.53. The topological polar surface area (TPSA) is 55.1 Å². The van der Waals surface area contributed by atoms with E-state index in [4.69, 9.17) is 5.73 Å². The zero-order valence-electron chi connectivity index (χ0n) is 12.0. The van der Waals surface area contributed by atoms with Crippen molar-refractivity contribution < 1.29 is 18.0 Å². The lowest BCUT2D eigenvalue weighted by Crippen LogP contribution is -2.49. The SMILES string of the molecule is Cl.NCc1ccc(C(=O)NC(C2CCCC2)C(F)(F)F)cc1. The van der Waals surface area contributed by atoms with Gasteiger partial charge in [0.15, 0.2) is 0 Å². The van der Waals surface area contributed by atoms with Crippen LogP contribution in [0.2, 0.25) is 0 Å². The number of halogens is 4.